The number of benzene rings is 1. The molecule has 1 N–H and O–H groups in total. The van der Waals surface area contributed by atoms with E-state index in [4.69, 9.17) is 0 Å². The second kappa shape index (κ2) is 6.68. The Morgan fingerprint density at radius 3 is 2.50 bits per heavy atom. The zero-order valence-electron chi connectivity index (χ0n) is 14.5. The third kappa shape index (κ3) is 4.19. The lowest BCUT2D eigenvalue weighted by atomic mass is 10.0. The summed E-state index contributed by atoms with van der Waals surface area (Å²) < 4.78 is 40.7. The highest BCUT2D eigenvalue weighted by atomic mass is 19.4. The minimum absolute atomic E-state index is 0.149. The van der Waals surface area contributed by atoms with E-state index in [1.165, 1.54) is 18.3 Å². The standard InChI is InChI=1S/C18H20F3N3O2/c1-17(2)11-23(12-24(17)10-13-7-8-22-9-16(13)25)14-3-5-15(6-4-14)26-18(19,20)21/h3-9,25H,10-12H2,1-2H3. The van der Waals surface area contributed by atoms with Gasteiger partial charge in [0.2, 0.25) is 0 Å². The molecule has 0 atom stereocenters. The fourth-order valence-corrected chi connectivity index (χ4v) is 3.06. The number of rotatable bonds is 4. The van der Waals surface area contributed by atoms with Gasteiger partial charge in [-0.25, -0.2) is 0 Å². The molecule has 1 aliphatic rings. The van der Waals surface area contributed by atoms with Crippen LogP contribution in [0.15, 0.2) is 42.7 Å². The van der Waals surface area contributed by atoms with E-state index in [1.54, 1.807) is 24.4 Å². The lowest BCUT2D eigenvalue weighted by molar-refractivity contribution is -0.274. The van der Waals surface area contributed by atoms with Crippen LogP contribution in [0, 0.1) is 0 Å². The van der Waals surface area contributed by atoms with E-state index in [9.17, 15) is 18.3 Å². The Morgan fingerprint density at radius 1 is 1.19 bits per heavy atom. The van der Waals surface area contributed by atoms with Gasteiger partial charge >= 0.3 is 6.36 Å². The molecule has 0 bridgehead atoms. The molecule has 1 fully saturated rings. The van der Waals surface area contributed by atoms with Gasteiger partial charge in [0.1, 0.15) is 11.5 Å². The number of pyridine rings is 1. The first-order chi connectivity index (χ1) is 12.1. The van der Waals surface area contributed by atoms with E-state index in [0.29, 0.717) is 19.8 Å². The molecule has 1 aliphatic heterocycles. The first-order valence-electron chi connectivity index (χ1n) is 8.12. The van der Waals surface area contributed by atoms with Crippen molar-refractivity contribution in [2.24, 2.45) is 0 Å². The molecule has 3 rings (SSSR count). The highest BCUT2D eigenvalue weighted by Crippen LogP contribution is 2.32. The molecular formula is C18H20F3N3O2. The molecule has 26 heavy (non-hydrogen) atoms. The van der Waals surface area contributed by atoms with E-state index in [-0.39, 0.29) is 17.0 Å². The summed E-state index contributed by atoms with van der Waals surface area (Å²) in [6.07, 6.45) is -1.65. The van der Waals surface area contributed by atoms with Crippen LogP contribution in [-0.4, -0.2) is 40.1 Å². The highest BCUT2D eigenvalue weighted by molar-refractivity contribution is 5.50. The van der Waals surface area contributed by atoms with Crippen molar-refractivity contribution in [2.75, 3.05) is 18.1 Å². The average Bonchev–Trinajstić information content (AvgIpc) is 2.84. The van der Waals surface area contributed by atoms with Crippen LogP contribution in [0.25, 0.3) is 0 Å². The molecule has 1 saturated heterocycles. The number of hydrogen-bond acceptors (Lipinski definition) is 5. The summed E-state index contributed by atoms with van der Waals surface area (Å²) in [7, 11) is 0. The molecule has 1 aromatic heterocycles. The third-order valence-corrected chi connectivity index (χ3v) is 4.46. The van der Waals surface area contributed by atoms with Gasteiger partial charge < -0.3 is 14.7 Å². The van der Waals surface area contributed by atoms with Crippen molar-refractivity contribution >= 4 is 5.69 Å². The maximum Gasteiger partial charge on any atom is 0.573 e. The minimum Gasteiger partial charge on any atom is -0.506 e. The van der Waals surface area contributed by atoms with Gasteiger partial charge in [-0.2, -0.15) is 0 Å². The SMILES string of the molecule is CC1(C)CN(c2ccc(OC(F)(F)F)cc2)CN1Cc1ccncc1O. The Labute approximate surface area is 149 Å². The van der Waals surface area contributed by atoms with Gasteiger partial charge in [-0.05, 0) is 44.2 Å². The molecule has 1 aromatic carbocycles. The number of halogens is 3. The topological polar surface area (TPSA) is 48.8 Å². The minimum atomic E-state index is -4.69. The van der Waals surface area contributed by atoms with Crippen LogP contribution in [0.2, 0.25) is 0 Å². The maximum atomic E-state index is 12.3. The average molecular weight is 367 g/mol. The Morgan fingerprint density at radius 2 is 1.88 bits per heavy atom. The van der Waals surface area contributed by atoms with E-state index < -0.39 is 6.36 Å². The summed E-state index contributed by atoms with van der Waals surface area (Å²) in [5.41, 5.74) is 1.43. The van der Waals surface area contributed by atoms with E-state index >= 15 is 0 Å². The predicted molar refractivity (Wildman–Crippen MR) is 90.9 cm³/mol. The summed E-state index contributed by atoms with van der Waals surface area (Å²) in [5, 5.41) is 9.94. The van der Waals surface area contributed by atoms with Crippen molar-refractivity contribution in [3.8, 4) is 11.5 Å². The first kappa shape index (κ1) is 18.3. The molecule has 0 unspecified atom stereocenters. The van der Waals surface area contributed by atoms with E-state index in [1.807, 2.05) is 0 Å². The second-order valence-corrected chi connectivity index (χ2v) is 6.90. The molecule has 0 spiro atoms. The summed E-state index contributed by atoms with van der Waals surface area (Å²) in [6, 6.07) is 7.63. The number of aromatic nitrogens is 1. The number of alkyl halides is 3. The zero-order valence-corrected chi connectivity index (χ0v) is 14.5. The summed E-state index contributed by atoms with van der Waals surface area (Å²) in [6.45, 7) is 6.03. The van der Waals surface area contributed by atoms with Crippen LogP contribution in [0.5, 0.6) is 11.5 Å². The number of aromatic hydroxyl groups is 1. The number of nitrogens with zero attached hydrogens (tertiary/aromatic N) is 3. The van der Waals surface area contributed by atoms with Crippen LogP contribution in [-0.2, 0) is 6.54 Å². The Hall–Kier alpha value is -2.48. The zero-order chi connectivity index (χ0) is 18.9. The lowest BCUT2D eigenvalue weighted by Gasteiger charge is -2.29. The quantitative estimate of drug-likeness (QED) is 0.892. The van der Waals surface area contributed by atoms with Gasteiger partial charge in [-0.15, -0.1) is 13.2 Å². The van der Waals surface area contributed by atoms with Crippen molar-refractivity contribution in [3.63, 3.8) is 0 Å². The second-order valence-electron chi connectivity index (χ2n) is 6.90. The molecule has 2 heterocycles. The maximum absolute atomic E-state index is 12.3. The molecule has 140 valence electrons. The molecule has 8 heteroatoms. The molecule has 0 amide bonds. The summed E-state index contributed by atoms with van der Waals surface area (Å²) in [4.78, 5) is 8.16. The molecular weight excluding hydrogens is 347 g/mol. The van der Waals surface area contributed by atoms with Crippen molar-refractivity contribution < 1.29 is 23.0 Å². The Kier molecular flexibility index (Phi) is 4.70. The molecule has 2 aromatic rings. The largest absolute Gasteiger partial charge is 0.573 e. The molecule has 0 saturated carbocycles. The monoisotopic (exact) mass is 367 g/mol. The number of ether oxygens (including phenoxy) is 1. The Balaban J connectivity index is 1.72. The van der Waals surface area contributed by atoms with Gasteiger partial charge in [0, 0.05) is 36.1 Å². The smallest absolute Gasteiger partial charge is 0.506 e. The van der Waals surface area contributed by atoms with Gasteiger partial charge in [-0.3, -0.25) is 9.88 Å². The van der Waals surface area contributed by atoms with Crippen LogP contribution in [0.1, 0.15) is 19.4 Å². The van der Waals surface area contributed by atoms with Crippen molar-refractivity contribution in [3.05, 3.63) is 48.3 Å². The predicted octanol–water partition coefficient (Wildman–Crippen LogP) is 3.74. The molecule has 5 nitrogen and oxygen atoms in total. The third-order valence-electron chi connectivity index (χ3n) is 4.46. The normalized spacial score (nSPS) is 17.5. The van der Waals surface area contributed by atoms with Crippen LogP contribution < -0.4 is 9.64 Å². The first-order valence-corrected chi connectivity index (χ1v) is 8.12. The van der Waals surface area contributed by atoms with Crippen molar-refractivity contribution in [1.29, 1.82) is 0 Å². The fourth-order valence-electron chi connectivity index (χ4n) is 3.06. The van der Waals surface area contributed by atoms with Gasteiger partial charge in [0.25, 0.3) is 0 Å². The Bertz CT molecular complexity index is 763. The fraction of sp³-hybridized carbons (Fsp3) is 0.389. The number of anilines is 1. The molecule has 0 radical (unpaired) electrons. The summed E-state index contributed by atoms with van der Waals surface area (Å²) >= 11 is 0. The van der Waals surface area contributed by atoms with Crippen LogP contribution in [0.3, 0.4) is 0 Å². The highest BCUT2D eigenvalue weighted by Gasteiger charge is 2.37. The van der Waals surface area contributed by atoms with Crippen LogP contribution in [0.4, 0.5) is 18.9 Å². The summed E-state index contributed by atoms with van der Waals surface area (Å²) in [5.74, 6) is -0.0892. The lowest BCUT2D eigenvalue weighted by Crippen LogP contribution is -2.39. The van der Waals surface area contributed by atoms with Crippen molar-refractivity contribution in [1.82, 2.24) is 9.88 Å². The van der Waals surface area contributed by atoms with Gasteiger partial charge in [0.05, 0.1) is 12.9 Å². The van der Waals surface area contributed by atoms with Crippen molar-refractivity contribution in [2.45, 2.75) is 32.3 Å². The van der Waals surface area contributed by atoms with Crippen LogP contribution >= 0.6 is 0 Å². The number of hydrogen-bond donors (Lipinski definition) is 1. The van der Waals surface area contributed by atoms with Gasteiger partial charge in [-0.1, -0.05) is 0 Å². The van der Waals surface area contributed by atoms with E-state index in [0.717, 1.165) is 11.3 Å². The molecule has 0 aliphatic carbocycles. The van der Waals surface area contributed by atoms with E-state index in [2.05, 4.69) is 33.4 Å². The van der Waals surface area contributed by atoms with Gasteiger partial charge in [0.15, 0.2) is 0 Å².